The van der Waals surface area contributed by atoms with Crippen molar-refractivity contribution in [3.8, 4) is 5.75 Å². The number of nitrogens with one attached hydrogen (secondary N) is 1. The molecule has 190 valence electrons. The summed E-state index contributed by atoms with van der Waals surface area (Å²) in [7, 11) is -2.56. The van der Waals surface area contributed by atoms with Crippen LogP contribution in [0, 0.1) is 5.82 Å². The van der Waals surface area contributed by atoms with Crippen molar-refractivity contribution < 1.29 is 22.3 Å². The average molecular weight is 519 g/mol. The summed E-state index contributed by atoms with van der Waals surface area (Å²) in [6.07, 6.45) is 0. The van der Waals surface area contributed by atoms with Crippen molar-refractivity contribution in [2.24, 2.45) is 0 Å². The first-order valence-corrected chi connectivity index (χ1v) is 13.1. The summed E-state index contributed by atoms with van der Waals surface area (Å²) in [5.41, 5.74) is 1.92. The van der Waals surface area contributed by atoms with E-state index in [4.69, 9.17) is 4.74 Å². The number of carbonyl (C=O) groups is 1. The van der Waals surface area contributed by atoms with E-state index in [0.29, 0.717) is 5.75 Å². The lowest BCUT2D eigenvalue weighted by Crippen LogP contribution is -2.34. The lowest BCUT2D eigenvalue weighted by molar-refractivity contribution is 0.0940. The summed E-state index contributed by atoms with van der Waals surface area (Å²) in [4.78, 5) is 13.5. The molecule has 0 fully saturated rings. The number of methoxy groups -OCH3 is 1. The van der Waals surface area contributed by atoms with Gasteiger partial charge < -0.3 is 10.1 Å². The van der Waals surface area contributed by atoms with Gasteiger partial charge in [0.2, 0.25) is 0 Å². The Bertz CT molecular complexity index is 1460. The Balaban J connectivity index is 1.73. The van der Waals surface area contributed by atoms with Crippen LogP contribution in [0.1, 0.15) is 34.5 Å². The quantitative estimate of drug-likeness (QED) is 0.308. The van der Waals surface area contributed by atoms with Crippen LogP contribution < -0.4 is 14.4 Å². The van der Waals surface area contributed by atoms with Crippen molar-refractivity contribution in [1.82, 2.24) is 5.32 Å². The Morgan fingerprint density at radius 2 is 1.51 bits per heavy atom. The van der Waals surface area contributed by atoms with E-state index in [1.54, 1.807) is 55.5 Å². The van der Waals surface area contributed by atoms with E-state index >= 15 is 0 Å². The minimum absolute atomic E-state index is 0.0208. The first-order valence-electron chi connectivity index (χ1n) is 11.7. The van der Waals surface area contributed by atoms with Crippen molar-refractivity contribution in [1.29, 1.82) is 0 Å². The standard InChI is InChI=1S/C29H27FN2O4S/c1-21(23-12-14-24(30)15-13-23)31-29(33)27-10-6-7-11-28(27)32(20-22-8-4-3-5-9-22)37(34,35)26-18-16-25(36-2)17-19-26/h3-19,21H,20H2,1-2H3,(H,31,33)/t21-/m1/s1. The predicted molar refractivity (Wildman–Crippen MR) is 142 cm³/mol. The van der Waals surface area contributed by atoms with Crippen molar-refractivity contribution in [3.63, 3.8) is 0 Å². The molecule has 1 N–H and O–H groups in total. The van der Waals surface area contributed by atoms with Gasteiger partial charge >= 0.3 is 0 Å². The van der Waals surface area contributed by atoms with Gasteiger partial charge in [-0.2, -0.15) is 0 Å². The lowest BCUT2D eigenvalue weighted by Gasteiger charge is -2.27. The maximum absolute atomic E-state index is 13.9. The van der Waals surface area contributed by atoms with Gasteiger partial charge in [-0.1, -0.05) is 54.6 Å². The number of anilines is 1. The number of amides is 1. The molecule has 6 nitrogen and oxygen atoms in total. The Kier molecular flexibility index (Phi) is 7.89. The molecule has 0 spiro atoms. The summed E-state index contributed by atoms with van der Waals surface area (Å²) < 4.78 is 47.6. The fraction of sp³-hybridized carbons (Fsp3) is 0.138. The fourth-order valence-corrected chi connectivity index (χ4v) is 5.39. The molecule has 0 aliphatic heterocycles. The molecule has 0 heterocycles. The zero-order chi connectivity index (χ0) is 26.4. The number of halogens is 1. The molecule has 1 amide bonds. The van der Waals surface area contributed by atoms with E-state index in [2.05, 4.69) is 5.32 Å². The van der Waals surface area contributed by atoms with Crippen LogP contribution >= 0.6 is 0 Å². The monoisotopic (exact) mass is 518 g/mol. The highest BCUT2D eigenvalue weighted by molar-refractivity contribution is 7.92. The molecule has 0 saturated heterocycles. The molecule has 0 saturated carbocycles. The molecular formula is C29H27FN2O4S. The van der Waals surface area contributed by atoms with E-state index in [1.165, 1.54) is 35.7 Å². The van der Waals surface area contributed by atoms with Crippen molar-refractivity contribution in [2.75, 3.05) is 11.4 Å². The third kappa shape index (κ3) is 5.98. The molecule has 0 aromatic heterocycles. The van der Waals surface area contributed by atoms with Crippen LogP contribution in [0.15, 0.2) is 108 Å². The zero-order valence-corrected chi connectivity index (χ0v) is 21.3. The van der Waals surface area contributed by atoms with Gasteiger partial charge in [0.05, 0.1) is 35.8 Å². The fourth-order valence-electron chi connectivity index (χ4n) is 3.92. The second-order valence-electron chi connectivity index (χ2n) is 8.44. The number of benzene rings is 4. The van der Waals surface area contributed by atoms with Crippen molar-refractivity contribution in [2.45, 2.75) is 24.4 Å². The summed E-state index contributed by atoms with van der Waals surface area (Å²) in [5, 5.41) is 2.90. The molecule has 4 rings (SSSR count). The lowest BCUT2D eigenvalue weighted by atomic mass is 10.1. The Labute approximate surface area is 216 Å². The normalized spacial score (nSPS) is 12.0. The van der Waals surface area contributed by atoms with E-state index in [0.717, 1.165) is 11.1 Å². The van der Waals surface area contributed by atoms with Gasteiger partial charge in [0.25, 0.3) is 15.9 Å². The first kappa shape index (κ1) is 25.9. The summed E-state index contributed by atoms with van der Waals surface area (Å²) in [6, 6.07) is 27.3. The number of carbonyl (C=O) groups excluding carboxylic acids is 1. The highest BCUT2D eigenvalue weighted by atomic mass is 32.2. The zero-order valence-electron chi connectivity index (χ0n) is 20.5. The van der Waals surface area contributed by atoms with Crippen LogP contribution in [0.4, 0.5) is 10.1 Å². The van der Waals surface area contributed by atoms with Gasteiger partial charge in [0.15, 0.2) is 0 Å². The summed E-state index contributed by atoms with van der Waals surface area (Å²) in [6.45, 7) is 1.80. The van der Waals surface area contributed by atoms with Gasteiger partial charge in [0.1, 0.15) is 11.6 Å². The molecule has 0 aliphatic carbocycles. The van der Waals surface area contributed by atoms with Crippen LogP contribution in [0.3, 0.4) is 0 Å². The minimum Gasteiger partial charge on any atom is -0.497 e. The molecule has 37 heavy (non-hydrogen) atoms. The number of hydrogen-bond donors (Lipinski definition) is 1. The average Bonchev–Trinajstić information content (AvgIpc) is 2.92. The highest BCUT2D eigenvalue weighted by Crippen LogP contribution is 2.30. The van der Waals surface area contributed by atoms with E-state index < -0.39 is 22.0 Å². The molecular weight excluding hydrogens is 491 g/mol. The topological polar surface area (TPSA) is 75.7 Å². The maximum atomic E-state index is 13.9. The molecule has 0 aliphatic rings. The number of hydrogen-bond acceptors (Lipinski definition) is 4. The molecule has 0 unspecified atom stereocenters. The number of nitrogens with zero attached hydrogens (tertiary/aromatic N) is 1. The molecule has 0 bridgehead atoms. The second kappa shape index (κ2) is 11.3. The van der Waals surface area contributed by atoms with Crippen LogP contribution in [0.5, 0.6) is 5.75 Å². The molecule has 1 atom stereocenters. The predicted octanol–water partition coefficient (Wildman–Crippen LogP) is 5.72. The first-order chi connectivity index (χ1) is 17.8. The van der Waals surface area contributed by atoms with Gasteiger partial charge in [0, 0.05) is 0 Å². The van der Waals surface area contributed by atoms with Gasteiger partial charge in [-0.25, -0.2) is 12.8 Å². The second-order valence-corrected chi connectivity index (χ2v) is 10.3. The summed E-state index contributed by atoms with van der Waals surface area (Å²) >= 11 is 0. The van der Waals surface area contributed by atoms with Gasteiger partial charge in [-0.05, 0) is 66.6 Å². The number of ether oxygens (including phenoxy) is 1. The highest BCUT2D eigenvalue weighted by Gasteiger charge is 2.29. The Morgan fingerprint density at radius 3 is 2.16 bits per heavy atom. The van der Waals surface area contributed by atoms with Crippen LogP contribution in [-0.2, 0) is 16.6 Å². The van der Waals surface area contributed by atoms with Crippen LogP contribution in [-0.4, -0.2) is 21.4 Å². The number of para-hydroxylation sites is 1. The van der Waals surface area contributed by atoms with Gasteiger partial charge in [-0.15, -0.1) is 0 Å². The van der Waals surface area contributed by atoms with E-state index in [-0.39, 0.29) is 28.5 Å². The maximum Gasteiger partial charge on any atom is 0.264 e. The summed E-state index contributed by atoms with van der Waals surface area (Å²) in [5.74, 6) is -0.286. The van der Waals surface area contributed by atoms with Crippen molar-refractivity contribution in [3.05, 3.63) is 126 Å². The third-order valence-corrected chi connectivity index (χ3v) is 7.73. The molecule has 4 aromatic carbocycles. The smallest absolute Gasteiger partial charge is 0.264 e. The van der Waals surface area contributed by atoms with Crippen molar-refractivity contribution >= 4 is 21.6 Å². The van der Waals surface area contributed by atoms with Crippen LogP contribution in [0.25, 0.3) is 0 Å². The third-order valence-electron chi connectivity index (χ3n) is 5.95. The van der Waals surface area contributed by atoms with E-state index in [9.17, 15) is 17.6 Å². The van der Waals surface area contributed by atoms with E-state index in [1.807, 2.05) is 30.3 Å². The number of rotatable bonds is 9. The van der Waals surface area contributed by atoms with Gasteiger partial charge in [-0.3, -0.25) is 9.10 Å². The molecule has 0 radical (unpaired) electrons. The van der Waals surface area contributed by atoms with Crippen LogP contribution in [0.2, 0.25) is 0 Å². The Morgan fingerprint density at radius 1 is 0.892 bits per heavy atom. The number of sulfonamides is 1. The molecule has 4 aromatic rings. The Hall–Kier alpha value is -4.17. The molecule has 8 heteroatoms. The largest absolute Gasteiger partial charge is 0.497 e. The minimum atomic E-state index is -4.06. The SMILES string of the molecule is COc1ccc(S(=O)(=O)N(Cc2ccccc2)c2ccccc2C(=O)N[C@H](C)c2ccc(F)cc2)cc1.